The predicted molar refractivity (Wildman–Crippen MR) is 59.6 cm³/mol. The molecule has 0 radical (unpaired) electrons. The van der Waals surface area contributed by atoms with Crippen LogP contribution in [-0.4, -0.2) is 18.0 Å². The largest absolute Gasteiger partial charge is 0.375 e. The van der Waals surface area contributed by atoms with Crippen LogP contribution in [0.2, 0.25) is 0 Å². The van der Waals surface area contributed by atoms with Gasteiger partial charge in [0.05, 0.1) is 12.2 Å². The zero-order chi connectivity index (χ0) is 11.0. The third kappa shape index (κ3) is 1.96. The van der Waals surface area contributed by atoms with Gasteiger partial charge in [-0.25, -0.2) is 0 Å². The summed E-state index contributed by atoms with van der Waals surface area (Å²) in [5.41, 5.74) is 0. The molecule has 2 aliphatic rings. The molecule has 2 rings (SSSR count). The molecule has 0 bridgehead atoms. The second-order valence-electron chi connectivity index (χ2n) is 5.31. The molecular weight excluding hydrogens is 188 g/mol. The normalized spacial score (nSPS) is 42.3. The molecule has 1 aliphatic carbocycles. The first kappa shape index (κ1) is 11.1. The highest BCUT2D eigenvalue weighted by molar-refractivity contribution is 5.84. The maximum atomic E-state index is 12.3. The van der Waals surface area contributed by atoms with Crippen molar-refractivity contribution in [2.75, 3.05) is 0 Å². The van der Waals surface area contributed by atoms with Gasteiger partial charge in [0.1, 0.15) is 5.78 Å². The number of carbonyl (C=O) groups is 1. The Balaban J connectivity index is 2.05. The molecular formula is C13H22O2. The van der Waals surface area contributed by atoms with E-state index in [0.29, 0.717) is 17.6 Å². The summed E-state index contributed by atoms with van der Waals surface area (Å²) in [5, 5.41) is 0. The SMILES string of the molecule is CC1OC(C)C(C(=O)C2CCCC2)C1C. The van der Waals surface area contributed by atoms with Gasteiger partial charge in [-0.15, -0.1) is 0 Å². The van der Waals surface area contributed by atoms with Crippen LogP contribution in [0.15, 0.2) is 0 Å². The summed E-state index contributed by atoms with van der Waals surface area (Å²) >= 11 is 0. The molecule has 2 heteroatoms. The van der Waals surface area contributed by atoms with E-state index in [1.807, 2.05) is 0 Å². The van der Waals surface area contributed by atoms with Crippen LogP contribution in [0.25, 0.3) is 0 Å². The fourth-order valence-electron chi connectivity index (χ4n) is 3.24. The van der Waals surface area contributed by atoms with E-state index in [4.69, 9.17) is 4.74 Å². The van der Waals surface area contributed by atoms with Gasteiger partial charge in [-0.1, -0.05) is 19.8 Å². The van der Waals surface area contributed by atoms with Crippen molar-refractivity contribution >= 4 is 5.78 Å². The lowest BCUT2D eigenvalue weighted by molar-refractivity contribution is -0.128. The smallest absolute Gasteiger partial charge is 0.141 e. The first-order chi connectivity index (χ1) is 7.11. The van der Waals surface area contributed by atoms with Gasteiger partial charge >= 0.3 is 0 Å². The van der Waals surface area contributed by atoms with Crippen molar-refractivity contribution in [3.8, 4) is 0 Å². The molecule has 15 heavy (non-hydrogen) atoms. The highest BCUT2D eigenvalue weighted by Crippen LogP contribution is 2.38. The summed E-state index contributed by atoms with van der Waals surface area (Å²) in [6, 6.07) is 0. The second kappa shape index (κ2) is 4.25. The lowest BCUT2D eigenvalue weighted by Gasteiger charge is -2.20. The molecule has 2 fully saturated rings. The van der Waals surface area contributed by atoms with Gasteiger partial charge in [0.25, 0.3) is 0 Å². The fourth-order valence-corrected chi connectivity index (χ4v) is 3.24. The monoisotopic (exact) mass is 210 g/mol. The van der Waals surface area contributed by atoms with Crippen molar-refractivity contribution in [3.05, 3.63) is 0 Å². The number of carbonyl (C=O) groups excluding carboxylic acids is 1. The predicted octanol–water partition coefficient (Wildman–Crippen LogP) is 2.81. The molecule has 0 amide bonds. The fraction of sp³-hybridized carbons (Fsp3) is 0.923. The molecule has 0 aromatic carbocycles. The number of ether oxygens (including phenoxy) is 1. The second-order valence-corrected chi connectivity index (χ2v) is 5.31. The summed E-state index contributed by atoms with van der Waals surface area (Å²) < 4.78 is 5.75. The van der Waals surface area contributed by atoms with Crippen molar-refractivity contribution in [3.63, 3.8) is 0 Å². The Bertz CT molecular complexity index is 243. The van der Waals surface area contributed by atoms with Crippen LogP contribution < -0.4 is 0 Å². The Morgan fingerprint density at radius 2 is 1.67 bits per heavy atom. The highest BCUT2D eigenvalue weighted by Gasteiger charge is 2.43. The topological polar surface area (TPSA) is 26.3 Å². The Hall–Kier alpha value is -0.370. The number of hydrogen-bond acceptors (Lipinski definition) is 2. The summed E-state index contributed by atoms with van der Waals surface area (Å²) in [5.74, 6) is 1.38. The van der Waals surface area contributed by atoms with Gasteiger partial charge in [0.15, 0.2) is 0 Å². The van der Waals surface area contributed by atoms with Crippen LogP contribution in [0.1, 0.15) is 46.5 Å². The van der Waals surface area contributed by atoms with Crippen LogP contribution in [-0.2, 0) is 9.53 Å². The van der Waals surface area contributed by atoms with E-state index in [2.05, 4.69) is 20.8 Å². The average molecular weight is 210 g/mol. The summed E-state index contributed by atoms with van der Waals surface area (Å²) in [7, 11) is 0. The zero-order valence-corrected chi connectivity index (χ0v) is 10.0. The molecule has 1 heterocycles. The molecule has 1 aliphatic heterocycles. The van der Waals surface area contributed by atoms with Gasteiger partial charge in [-0.3, -0.25) is 4.79 Å². The third-order valence-corrected chi connectivity index (χ3v) is 4.33. The van der Waals surface area contributed by atoms with Gasteiger partial charge in [-0.05, 0) is 32.6 Å². The molecule has 0 aromatic heterocycles. The molecule has 0 spiro atoms. The van der Waals surface area contributed by atoms with E-state index in [0.717, 1.165) is 12.8 Å². The Morgan fingerprint density at radius 1 is 1.07 bits per heavy atom. The number of Topliss-reactive ketones (excluding diaryl/α,β-unsaturated/α-hetero) is 1. The van der Waals surface area contributed by atoms with Crippen molar-refractivity contribution < 1.29 is 9.53 Å². The van der Waals surface area contributed by atoms with Crippen LogP contribution in [0, 0.1) is 17.8 Å². The van der Waals surface area contributed by atoms with E-state index in [1.54, 1.807) is 0 Å². The third-order valence-electron chi connectivity index (χ3n) is 4.33. The minimum atomic E-state index is 0.128. The minimum Gasteiger partial charge on any atom is -0.375 e. The first-order valence-electron chi connectivity index (χ1n) is 6.30. The van der Waals surface area contributed by atoms with Crippen LogP contribution >= 0.6 is 0 Å². The zero-order valence-electron chi connectivity index (χ0n) is 10.0. The van der Waals surface area contributed by atoms with Gasteiger partial charge in [0, 0.05) is 11.8 Å². The molecule has 2 nitrogen and oxygen atoms in total. The molecule has 1 saturated heterocycles. The van der Waals surface area contributed by atoms with Crippen LogP contribution in [0.3, 0.4) is 0 Å². The number of rotatable bonds is 2. The molecule has 4 atom stereocenters. The summed E-state index contributed by atoms with van der Waals surface area (Å²) in [4.78, 5) is 12.3. The van der Waals surface area contributed by atoms with Crippen molar-refractivity contribution in [2.24, 2.45) is 17.8 Å². The van der Waals surface area contributed by atoms with E-state index >= 15 is 0 Å². The summed E-state index contributed by atoms with van der Waals surface area (Å²) in [6.45, 7) is 6.30. The van der Waals surface area contributed by atoms with Gasteiger partial charge < -0.3 is 4.74 Å². The van der Waals surface area contributed by atoms with Gasteiger partial charge in [-0.2, -0.15) is 0 Å². The minimum absolute atomic E-state index is 0.128. The first-order valence-corrected chi connectivity index (χ1v) is 6.30. The maximum absolute atomic E-state index is 12.3. The Kier molecular flexibility index (Phi) is 3.15. The molecule has 0 aromatic rings. The van der Waals surface area contributed by atoms with Crippen molar-refractivity contribution in [1.29, 1.82) is 0 Å². The lowest BCUT2D eigenvalue weighted by Crippen LogP contribution is -2.31. The van der Waals surface area contributed by atoms with E-state index in [9.17, 15) is 4.79 Å². The standard InChI is InChI=1S/C13H22O2/c1-8-9(2)15-10(3)12(8)13(14)11-6-4-5-7-11/h8-12H,4-7H2,1-3H3. The van der Waals surface area contributed by atoms with E-state index in [1.165, 1.54) is 12.8 Å². The van der Waals surface area contributed by atoms with Crippen LogP contribution in [0.4, 0.5) is 0 Å². The molecule has 86 valence electrons. The number of hydrogen-bond donors (Lipinski definition) is 0. The van der Waals surface area contributed by atoms with Crippen molar-refractivity contribution in [2.45, 2.75) is 58.7 Å². The summed E-state index contributed by atoms with van der Waals surface area (Å²) in [6.07, 6.45) is 5.08. The average Bonchev–Trinajstić information content (AvgIpc) is 2.76. The Labute approximate surface area is 92.4 Å². The molecule has 0 N–H and O–H groups in total. The van der Waals surface area contributed by atoms with Crippen molar-refractivity contribution in [1.82, 2.24) is 0 Å². The van der Waals surface area contributed by atoms with Crippen LogP contribution in [0.5, 0.6) is 0 Å². The Morgan fingerprint density at radius 3 is 2.13 bits per heavy atom. The van der Waals surface area contributed by atoms with E-state index < -0.39 is 0 Å². The highest BCUT2D eigenvalue weighted by atomic mass is 16.5. The quantitative estimate of drug-likeness (QED) is 0.700. The van der Waals surface area contributed by atoms with Gasteiger partial charge in [0.2, 0.25) is 0 Å². The lowest BCUT2D eigenvalue weighted by atomic mass is 9.80. The van der Waals surface area contributed by atoms with E-state index in [-0.39, 0.29) is 18.1 Å². The number of ketones is 1. The molecule has 4 unspecified atom stereocenters. The molecule has 1 saturated carbocycles. The maximum Gasteiger partial charge on any atom is 0.141 e.